The predicted octanol–water partition coefficient (Wildman–Crippen LogP) is 5.57. The number of piperidine rings is 1. The molecule has 6 nitrogen and oxygen atoms in total. The van der Waals surface area contributed by atoms with E-state index in [4.69, 9.17) is 4.84 Å². The molecule has 1 fully saturated rings. The summed E-state index contributed by atoms with van der Waals surface area (Å²) >= 11 is 0. The zero-order valence-electron chi connectivity index (χ0n) is 20.5. The molecule has 0 saturated carbocycles. The molecule has 176 valence electrons. The van der Waals surface area contributed by atoms with E-state index in [-0.39, 0.29) is 12.1 Å². The summed E-state index contributed by atoms with van der Waals surface area (Å²) < 4.78 is 0. The Kier molecular flexibility index (Phi) is 7.44. The van der Waals surface area contributed by atoms with Crippen molar-refractivity contribution < 1.29 is 4.84 Å². The van der Waals surface area contributed by atoms with Crippen LogP contribution < -0.4 is 10.2 Å². The van der Waals surface area contributed by atoms with Gasteiger partial charge in [-0.15, -0.1) is 0 Å². The fourth-order valence-electron chi connectivity index (χ4n) is 4.86. The minimum Gasteiger partial charge on any atom is -0.365 e. The molecule has 34 heavy (non-hydrogen) atoms. The van der Waals surface area contributed by atoms with Crippen LogP contribution in [-0.2, 0) is 6.54 Å². The van der Waals surface area contributed by atoms with Gasteiger partial charge >= 0.3 is 0 Å². The second-order valence-corrected chi connectivity index (χ2v) is 9.33. The number of nitrogens with one attached hydrogen (secondary N) is 1. The normalized spacial score (nSPS) is 20.1. The minimum atomic E-state index is 0.262. The van der Waals surface area contributed by atoms with E-state index in [0.717, 1.165) is 49.3 Å². The van der Waals surface area contributed by atoms with Gasteiger partial charge < -0.3 is 15.1 Å². The molecule has 2 atom stereocenters. The molecule has 1 N–H and O–H groups in total. The molecule has 2 aliphatic rings. The van der Waals surface area contributed by atoms with Crippen molar-refractivity contribution in [3.8, 4) is 11.8 Å². The van der Waals surface area contributed by atoms with Crippen molar-refractivity contribution in [3.05, 3.63) is 82.3 Å². The SMILES string of the molecule is CC(C)=NOc1cc(CN2CC=CC(C)=C2[C@H]2CCC[C@@H](c3ncccc3C)N2)ccc1C#N. The molecule has 1 saturated heterocycles. The molecule has 2 aromatic rings. The second kappa shape index (κ2) is 10.7. The van der Waals surface area contributed by atoms with Crippen molar-refractivity contribution in [2.75, 3.05) is 6.54 Å². The number of hydrogen-bond acceptors (Lipinski definition) is 6. The molecular weight excluding hydrogens is 422 g/mol. The highest BCUT2D eigenvalue weighted by atomic mass is 16.6. The topological polar surface area (TPSA) is 73.5 Å². The van der Waals surface area contributed by atoms with E-state index in [9.17, 15) is 5.26 Å². The Hall–Kier alpha value is -3.43. The number of allylic oxidation sites excluding steroid dienone is 2. The van der Waals surface area contributed by atoms with E-state index in [1.807, 2.05) is 44.3 Å². The zero-order valence-corrected chi connectivity index (χ0v) is 20.5. The van der Waals surface area contributed by atoms with Crippen LogP contribution in [0.5, 0.6) is 5.75 Å². The lowest BCUT2D eigenvalue weighted by molar-refractivity contribution is 0.266. The largest absolute Gasteiger partial charge is 0.365 e. The quantitative estimate of drug-likeness (QED) is 0.456. The van der Waals surface area contributed by atoms with Crippen LogP contribution in [0.4, 0.5) is 0 Å². The lowest BCUT2D eigenvalue weighted by atomic mass is 9.90. The van der Waals surface area contributed by atoms with E-state index >= 15 is 0 Å². The highest BCUT2D eigenvalue weighted by Gasteiger charge is 2.30. The van der Waals surface area contributed by atoms with Crippen molar-refractivity contribution in [1.82, 2.24) is 15.2 Å². The first-order chi connectivity index (χ1) is 16.5. The fourth-order valence-corrected chi connectivity index (χ4v) is 4.86. The lowest BCUT2D eigenvalue weighted by Crippen LogP contribution is -2.44. The third kappa shape index (κ3) is 5.37. The van der Waals surface area contributed by atoms with Gasteiger partial charge in [-0.1, -0.05) is 29.4 Å². The molecule has 1 aromatic carbocycles. The standard InChI is InChI=1S/C28H33N5O/c1-19(2)32-34-26-16-22(12-13-23(26)17-29)18-33-15-7-9-21(4)28(33)25-11-5-10-24(31-25)27-20(3)8-6-14-30-27/h6-9,12-14,16,24-25,31H,5,10-11,15,18H2,1-4H3/t24-,25+/m0/s1. The second-order valence-electron chi connectivity index (χ2n) is 9.33. The van der Waals surface area contributed by atoms with Crippen molar-refractivity contribution in [1.29, 1.82) is 5.26 Å². The Bertz CT molecular complexity index is 1170. The first kappa shape index (κ1) is 23.7. The van der Waals surface area contributed by atoms with E-state index in [1.54, 1.807) is 0 Å². The molecule has 4 rings (SSSR count). The number of rotatable bonds is 6. The summed E-state index contributed by atoms with van der Waals surface area (Å²) in [5.41, 5.74) is 7.41. The molecular formula is C28H33N5O. The summed E-state index contributed by atoms with van der Waals surface area (Å²) in [5.74, 6) is 0.498. The van der Waals surface area contributed by atoms with Crippen LogP contribution in [0.15, 0.2) is 65.1 Å². The smallest absolute Gasteiger partial charge is 0.176 e. The highest BCUT2D eigenvalue weighted by Crippen LogP contribution is 2.33. The summed E-state index contributed by atoms with van der Waals surface area (Å²) in [4.78, 5) is 12.7. The van der Waals surface area contributed by atoms with Gasteiger partial charge in [0.15, 0.2) is 5.75 Å². The number of oxime groups is 1. The molecule has 0 amide bonds. The number of aryl methyl sites for hydroxylation is 1. The van der Waals surface area contributed by atoms with Crippen LogP contribution in [0, 0.1) is 18.3 Å². The summed E-state index contributed by atoms with van der Waals surface area (Å²) in [5, 5.41) is 17.4. The van der Waals surface area contributed by atoms with Crippen molar-refractivity contribution in [2.24, 2.45) is 5.16 Å². The first-order valence-electron chi connectivity index (χ1n) is 12.0. The van der Waals surface area contributed by atoms with Crippen molar-refractivity contribution >= 4 is 5.71 Å². The number of benzene rings is 1. The van der Waals surface area contributed by atoms with E-state index in [0.29, 0.717) is 11.3 Å². The molecule has 0 bridgehead atoms. The van der Waals surface area contributed by atoms with Crippen LogP contribution in [0.2, 0.25) is 0 Å². The highest BCUT2D eigenvalue weighted by molar-refractivity contribution is 5.78. The number of aromatic nitrogens is 1. The van der Waals surface area contributed by atoms with E-state index in [1.165, 1.54) is 16.8 Å². The maximum Gasteiger partial charge on any atom is 0.176 e. The average Bonchev–Trinajstić information content (AvgIpc) is 2.83. The molecule has 1 aromatic heterocycles. The van der Waals surface area contributed by atoms with Gasteiger partial charge in [0, 0.05) is 31.0 Å². The fraction of sp³-hybridized carbons (Fsp3) is 0.393. The van der Waals surface area contributed by atoms with Crippen LogP contribution >= 0.6 is 0 Å². The average molecular weight is 456 g/mol. The first-order valence-corrected chi connectivity index (χ1v) is 12.0. The molecule has 0 radical (unpaired) electrons. The van der Waals surface area contributed by atoms with Crippen LogP contribution in [-0.4, -0.2) is 28.2 Å². The van der Waals surface area contributed by atoms with Gasteiger partial charge in [-0.2, -0.15) is 5.26 Å². The van der Waals surface area contributed by atoms with Gasteiger partial charge in [-0.05, 0) is 81.9 Å². The zero-order chi connectivity index (χ0) is 24.1. The van der Waals surface area contributed by atoms with Gasteiger partial charge in [0.05, 0.1) is 23.0 Å². The molecule has 0 aliphatic carbocycles. The monoisotopic (exact) mass is 455 g/mol. The van der Waals surface area contributed by atoms with Gasteiger partial charge in [0.2, 0.25) is 0 Å². The maximum atomic E-state index is 9.46. The van der Waals surface area contributed by atoms with Gasteiger partial charge in [-0.3, -0.25) is 4.98 Å². The Morgan fingerprint density at radius 2 is 2.06 bits per heavy atom. The third-order valence-corrected chi connectivity index (χ3v) is 6.40. The van der Waals surface area contributed by atoms with Crippen LogP contribution in [0.3, 0.4) is 0 Å². The molecule has 3 heterocycles. The molecule has 0 spiro atoms. The molecule has 0 unspecified atom stereocenters. The summed E-state index contributed by atoms with van der Waals surface area (Å²) in [6.45, 7) is 9.66. The number of hydrogen-bond donors (Lipinski definition) is 1. The summed E-state index contributed by atoms with van der Waals surface area (Å²) in [7, 11) is 0. The Morgan fingerprint density at radius 3 is 2.82 bits per heavy atom. The Balaban J connectivity index is 1.57. The third-order valence-electron chi connectivity index (χ3n) is 6.40. The van der Waals surface area contributed by atoms with Crippen molar-refractivity contribution in [2.45, 2.75) is 65.6 Å². The number of nitrogens with zero attached hydrogens (tertiary/aromatic N) is 4. The minimum absolute atomic E-state index is 0.262. The maximum absolute atomic E-state index is 9.46. The predicted molar refractivity (Wildman–Crippen MR) is 135 cm³/mol. The number of nitriles is 1. The number of pyridine rings is 1. The van der Waals surface area contributed by atoms with Gasteiger partial charge in [0.1, 0.15) is 6.07 Å². The summed E-state index contributed by atoms with van der Waals surface area (Å²) in [6.07, 6.45) is 9.71. The van der Waals surface area contributed by atoms with Gasteiger partial charge in [0.25, 0.3) is 0 Å². The van der Waals surface area contributed by atoms with E-state index in [2.05, 4.69) is 58.5 Å². The molecule has 2 aliphatic heterocycles. The van der Waals surface area contributed by atoms with Crippen LogP contribution in [0.1, 0.15) is 68.5 Å². The Morgan fingerprint density at radius 1 is 1.24 bits per heavy atom. The van der Waals surface area contributed by atoms with Crippen molar-refractivity contribution in [3.63, 3.8) is 0 Å². The Labute approximate surface area is 202 Å². The van der Waals surface area contributed by atoms with Gasteiger partial charge in [-0.25, -0.2) is 0 Å². The van der Waals surface area contributed by atoms with E-state index < -0.39 is 0 Å². The molecule has 6 heteroatoms. The van der Waals surface area contributed by atoms with Crippen LogP contribution in [0.25, 0.3) is 0 Å². The lowest BCUT2D eigenvalue weighted by Gasteiger charge is -2.40. The summed E-state index contributed by atoms with van der Waals surface area (Å²) in [6, 6.07) is 12.6.